The number of hydrogen-bond acceptors (Lipinski definition) is 5. The lowest BCUT2D eigenvalue weighted by Gasteiger charge is -2.13. The number of carbonyl (C=O) groups is 2. The van der Waals surface area contributed by atoms with Crippen molar-refractivity contribution in [2.75, 3.05) is 13.9 Å². The van der Waals surface area contributed by atoms with E-state index in [2.05, 4.69) is 0 Å². The molecule has 0 saturated carbocycles. The van der Waals surface area contributed by atoms with Crippen LogP contribution in [0.15, 0.2) is 30.3 Å². The van der Waals surface area contributed by atoms with Crippen molar-refractivity contribution in [1.82, 2.24) is 0 Å². The van der Waals surface area contributed by atoms with Crippen LogP contribution in [0.4, 0.5) is 0 Å². The molecule has 106 valence electrons. The SMILES string of the molecule is COc1cc(C=O)c(-c2ccccc2C=O)c2c1OCO2. The minimum Gasteiger partial charge on any atom is -0.493 e. The molecular formula is C16H12O5. The van der Waals surface area contributed by atoms with Gasteiger partial charge >= 0.3 is 0 Å². The molecule has 21 heavy (non-hydrogen) atoms. The molecule has 0 spiro atoms. The third kappa shape index (κ3) is 2.03. The molecule has 1 aliphatic rings. The number of benzene rings is 2. The van der Waals surface area contributed by atoms with Gasteiger partial charge in [0, 0.05) is 16.7 Å². The summed E-state index contributed by atoms with van der Waals surface area (Å²) >= 11 is 0. The summed E-state index contributed by atoms with van der Waals surface area (Å²) in [5.74, 6) is 1.29. The maximum atomic E-state index is 11.4. The van der Waals surface area contributed by atoms with Crippen LogP contribution >= 0.6 is 0 Å². The van der Waals surface area contributed by atoms with Gasteiger partial charge in [0.05, 0.1) is 7.11 Å². The number of hydrogen-bond donors (Lipinski definition) is 0. The number of fused-ring (bicyclic) bond motifs is 1. The smallest absolute Gasteiger partial charge is 0.231 e. The van der Waals surface area contributed by atoms with Gasteiger partial charge in [-0.15, -0.1) is 0 Å². The molecule has 0 fully saturated rings. The van der Waals surface area contributed by atoms with Gasteiger partial charge in [0.2, 0.25) is 12.5 Å². The van der Waals surface area contributed by atoms with E-state index in [-0.39, 0.29) is 6.79 Å². The van der Waals surface area contributed by atoms with Crippen molar-refractivity contribution in [3.05, 3.63) is 41.5 Å². The van der Waals surface area contributed by atoms with E-state index in [1.54, 1.807) is 30.3 Å². The summed E-state index contributed by atoms with van der Waals surface area (Å²) in [7, 11) is 1.49. The first-order valence-electron chi connectivity index (χ1n) is 6.30. The van der Waals surface area contributed by atoms with E-state index < -0.39 is 0 Å². The van der Waals surface area contributed by atoms with Gasteiger partial charge < -0.3 is 14.2 Å². The molecule has 0 aromatic heterocycles. The van der Waals surface area contributed by atoms with E-state index in [4.69, 9.17) is 14.2 Å². The number of aldehydes is 2. The lowest BCUT2D eigenvalue weighted by molar-refractivity contribution is 0.111. The predicted molar refractivity (Wildman–Crippen MR) is 75.3 cm³/mol. The molecular weight excluding hydrogens is 272 g/mol. The maximum Gasteiger partial charge on any atom is 0.231 e. The molecule has 0 bridgehead atoms. The lowest BCUT2D eigenvalue weighted by Crippen LogP contribution is -1.97. The van der Waals surface area contributed by atoms with Crippen LogP contribution in [0.25, 0.3) is 11.1 Å². The van der Waals surface area contributed by atoms with Crippen LogP contribution in [0.3, 0.4) is 0 Å². The molecule has 1 heterocycles. The average molecular weight is 284 g/mol. The molecule has 0 saturated heterocycles. The van der Waals surface area contributed by atoms with Crippen LogP contribution in [-0.4, -0.2) is 26.5 Å². The molecule has 5 heteroatoms. The molecule has 1 aliphatic heterocycles. The highest BCUT2D eigenvalue weighted by molar-refractivity contribution is 5.98. The first-order chi connectivity index (χ1) is 10.3. The third-order valence-electron chi connectivity index (χ3n) is 3.34. The number of ether oxygens (including phenoxy) is 3. The Morgan fingerprint density at radius 1 is 1.05 bits per heavy atom. The zero-order chi connectivity index (χ0) is 14.8. The molecule has 3 rings (SSSR count). The fourth-order valence-electron chi connectivity index (χ4n) is 2.41. The zero-order valence-corrected chi connectivity index (χ0v) is 11.3. The molecule has 2 aromatic carbocycles. The Bertz CT molecular complexity index is 721. The monoisotopic (exact) mass is 284 g/mol. The molecule has 0 amide bonds. The van der Waals surface area contributed by atoms with E-state index >= 15 is 0 Å². The third-order valence-corrected chi connectivity index (χ3v) is 3.34. The molecule has 0 aliphatic carbocycles. The van der Waals surface area contributed by atoms with Crippen molar-refractivity contribution in [3.8, 4) is 28.4 Å². The van der Waals surface area contributed by atoms with Crippen LogP contribution < -0.4 is 14.2 Å². The van der Waals surface area contributed by atoms with Gasteiger partial charge in [-0.3, -0.25) is 9.59 Å². The largest absolute Gasteiger partial charge is 0.493 e. The fourth-order valence-corrected chi connectivity index (χ4v) is 2.41. The second kappa shape index (κ2) is 5.28. The Morgan fingerprint density at radius 3 is 2.48 bits per heavy atom. The Balaban J connectivity index is 2.34. The number of carbonyl (C=O) groups excluding carboxylic acids is 2. The van der Waals surface area contributed by atoms with Gasteiger partial charge in [-0.05, 0) is 11.6 Å². The average Bonchev–Trinajstić information content (AvgIpc) is 3.02. The van der Waals surface area contributed by atoms with Gasteiger partial charge in [-0.25, -0.2) is 0 Å². The van der Waals surface area contributed by atoms with Crippen LogP contribution in [0, 0.1) is 0 Å². The summed E-state index contributed by atoms with van der Waals surface area (Å²) in [6, 6.07) is 8.58. The van der Waals surface area contributed by atoms with E-state index in [1.807, 2.05) is 0 Å². The minimum absolute atomic E-state index is 0.0459. The van der Waals surface area contributed by atoms with Crippen LogP contribution in [0.1, 0.15) is 20.7 Å². The molecule has 0 atom stereocenters. The number of methoxy groups -OCH3 is 1. The van der Waals surface area contributed by atoms with Crippen molar-refractivity contribution < 1.29 is 23.8 Å². The first-order valence-corrected chi connectivity index (χ1v) is 6.30. The highest BCUT2D eigenvalue weighted by Gasteiger charge is 2.27. The molecule has 0 unspecified atom stereocenters. The van der Waals surface area contributed by atoms with Crippen molar-refractivity contribution in [2.45, 2.75) is 0 Å². The zero-order valence-electron chi connectivity index (χ0n) is 11.3. The summed E-state index contributed by atoms with van der Waals surface area (Å²) in [5.41, 5.74) is 2.02. The van der Waals surface area contributed by atoms with E-state index in [9.17, 15) is 9.59 Å². The summed E-state index contributed by atoms with van der Waals surface area (Å²) < 4.78 is 16.1. The molecule has 0 radical (unpaired) electrons. The summed E-state index contributed by atoms with van der Waals surface area (Å²) in [6.45, 7) is 0.0459. The summed E-state index contributed by atoms with van der Waals surface area (Å²) in [6.07, 6.45) is 1.46. The molecule has 2 aromatic rings. The highest BCUT2D eigenvalue weighted by atomic mass is 16.7. The van der Waals surface area contributed by atoms with Crippen molar-refractivity contribution in [1.29, 1.82) is 0 Å². The van der Waals surface area contributed by atoms with E-state index in [0.29, 0.717) is 45.8 Å². The first kappa shape index (κ1) is 13.2. The molecule has 5 nitrogen and oxygen atoms in total. The minimum atomic E-state index is 0.0459. The van der Waals surface area contributed by atoms with E-state index in [1.165, 1.54) is 7.11 Å². The topological polar surface area (TPSA) is 61.8 Å². The van der Waals surface area contributed by atoms with Crippen molar-refractivity contribution in [2.24, 2.45) is 0 Å². The van der Waals surface area contributed by atoms with Crippen molar-refractivity contribution in [3.63, 3.8) is 0 Å². The predicted octanol–water partition coefficient (Wildman–Crippen LogP) is 2.72. The normalized spacial score (nSPS) is 12.0. The van der Waals surface area contributed by atoms with Crippen LogP contribution in [-0.2, 0) is 0 Å². The summed E-state index contributed by atoms with van der Waals surface area (Å²) in [4.78, 5) is 22.7. The van der Waals surface area contributed by atoms with Crippen molar-refractivity contribution >= 4 is 12.6 Å². The highest BCUT2D eigenvalue weighted by Crippen LogP contribution is 2.49. The van der Waals surface area contributed by atoms with Gasteiger partial charge in [-0.1, -0.05) is 24.3 Å². The fraction of sp³-hybridized carbons (Fsp3) is 0.125. The van der Waals surface area contributed by atoms with Gasteiger partial charge in [0.15, 0.2) is 24.1 Å². The van der Waals surface area contributed by atoms with E-state index in [0.717, 1.165) is 6.29 Å². The van der Waals surface area contributed by atoms with Crippen LogP contribution in [0.5, 0.6) is 17.2 Å². The Hall–Kier alpha value is -2.82. The standard InChI is InChI=1S/C16H12O5/c1-19-13-6-11(8-18)14(16-15(13)20-9-21-16)12-5-3-2-4-10(12)7-17/h2-8H,9H2,1H3. The second-order valence-electron chi connectivity index (χ2n) is 4.43. The number of rotatable bonds is 4. The van der Waals surface area contributed by atoms with Gasteiger partial charge in [0.25, 0.3) is 0 Å². The Labute approximate surface area is 121 Å². The second-order valence-corrected chi connectivity index (χ2v) is 4.43. The van der Waals surface area contributed by atoms with Gasteiger partial charge in [-0.2, -0.15) is 0 Å². The van der Waals surface area contributed by atoms with Gasteiger partial charge in [0.1, 0.15) is 0 Å². The Kier molecular flexibility index (Phi) is 3.31. The summed E-state index contributed by atoms with van der Waals surface area (Å²) in [5, 5.41) is 0. The van der Waals surface area contributed by atoms with Crippen LogP contribution in [0.2, 0.25) is 0 Å². The Morgan fingerprint density at radius 2 is 1.76 bits per heavy atom. The lowest BCUT2D eigenvalue weighted by atomic mass is 9.94. The molecule has 0 N–H and O–H groups in total. The maximum absolute atomic E-state index is 11.4. The quantitative estimate of drug-likeness (QED) is 0.808.